The molecule has 1 amide bonds. The molecule has 8 heteroatoms. The van der Waals surface area contributed by atoms with E-state index in [-0.39, 0.29) is 11.6 Å². The zero-order valence-electron chi connectivity index (χ0n) is 15.0. The molecule has 29 heavy (non-hydrogen) atoms. The van der Waals surface area contributed by atoms with Gasteiger partial charge in [0.2, 0.25) is 0 Å². The quantitative estimate of drug-likeness (QED) is 0.242. The predicted octanol–water partition coefficient (Wildman–Crippen LogP) is 5.26. The Kier molecular flexibility index (Phi) is 5.28. The highest BCUT2D eigenvalue weighted by Crippen LogP contribution is 2.34. The molecule has 0 radical (unpaired) electrons. The molecule has 0 saturated carbocycles. The number of thiocarbonyl (C=S) groups is 1. The monoisotopic (exact) mass is 422 g/mol. The zero-order valence-corrected chi connectivity index (χ0v) is 16.6. The first-order valence-corrected chi connectivity index (χ1v) is 9.88. The number of thioether (sulfide) groups is 1. The number of nitro benzene ring substituents is 1. The van der Waals surface area contributed by atoms with Crippen LogP contribution >= 0.6 is 24.0 Å². The van der Waals surface area contributed by atoms with Crippen molar-refractivity contribution < 1.29 is 14.1 Å². The summed E-state index contributed by atoms with van der Waals surface area (Å²) in [4.78, 5) is 25.3. The third-order valence-electron chi connectivity index (χ3n) is 4.30. The van der Waals surface area contributed by atoms with Gasteiger partial charge in [-0.05, 0) is 17.7 Å². The molecule has 6 nitrogen and oxygen atoms in total. The third kappa shape index (κ3) is 4.13. The molecule has 2 aromatic carbocycles. The minimum Gasteiger partial charge on any atom is -0.457 e. The lowest BCUT2D eigenvalue weighted by atomic mass is 10.1. The van der Waals surface area contributed by atoms with Gasteiger partial charge in [-0.15, -0.1) is 0 Å². The molecule has 0 atom stereocenters. The number of amides is 1. The number of benzene rings is 2. The van der Waals surface area contributed by atoms with Gasteiger partial charge in [-0.3, -0.25) is 19.8 Å². The summed E-state index contributed by atoms with van der Waals surface area (Å²) in [5.41, 5.74) is 1.58. The fourth-order valence-electron chi connectivity index (χ4n) is 2.89. The number of carbonyl (C=O) groups excluding carboxylic acids is 1. The first-order chi connectivity index (χ1) is 14.0. The second-order valence-corrected chi connectivity index (χ2v) is 7.94. The van der Waals surface area contributed by atoms with E-state index >= 15 is 0 Å². The summed E-state index contributed by atoms with van der Waals surface area (Å²) in [6, 6.07) is 19.3. The fraction of sp³-hybridized carbons (Fsp3) is 0.0476. The molecule has 1 aliphatic heterocycles. The Morgan fingerprint density at radius 3 is 2.66 bits per heavy atom. The molecule has 1 fully saturated rings. The average molecular weight is 422 g/mol. The number of rotatable bonds is 5. The van der Waals surface area contributed by atoms with Crippen molar-refractivity contribution in [2.45, 2.75) is 6.54 Å². The van der Waals surface area contributed by atoms with Crippen LogP contribution in [-0.4, -0.2) is 20.1 Å². The van der Waals surface area contributed by atoms with Crippen molar-refractivity contribution in [2.24, 2.45) is 0 Å². The Labute approximate surface area is 176 Å². The Morgan fingerprint density at radius 2 is 1.90 bits per heavy atom. The van der Waals surface area contributed by atoms with Crippen LogP contribution in [0.2, 0.25) is 0 Å². The number of hydrogen-bond acceptors (Lipinski definition) is 6. The van der Waals surface area contributed by atoms with Gasteiger partial charge in [0.15, 0.2) is 0 Å². The highest BCUT2D eigenvalue weighted by atomic mass is 32.2. The summed E-state index contributed by atoms with van der Waals surface area (Å²) >= 11 is 6.59. The number of carbonyl (C=O) groups is 1. The van der Waals surface area contributed by atoms with Crippen LogP contribution in [-0.2, 0) is 11.3 Å². The lowest BCUT2D eigenvalue weighted by molar-refractivity contribution is -0.384. The average Bonchev–Trinajstić information content (AvgIpc) is 3.29. The Morgan fingerprint density at radius 1 is 1.10 bits per heavy atom. The molecule has 4 rings (SSSR count). The van der Waals surface area contributed by atoms with E-state index in [1.807, 2.05) is 30.3 Å². The van der Waals surface area contributed by atoms with E-state index in [9.17, 15) is 14.9 Å². The molecule has 0 bridgehead atoms. The number of hydrogen-bond donors (Lipinski definition) is 0. The number of furan rings is 1. The van der Waals surface area contributed by atoms with E-state index in [0.29, 0.717) is 32.9 Å². The Bertz CT molecular complexity index is 1140. The maximum absolute atomic E-state index is 12.8. The summed E-state index contributed by atoms with van der Waals surface area (Å²) in [7, 11) is 0. The second-order valence-electron chi connectivity index (χ2n) is 6.26. The minimum atomic E-state index is -0.453. The van der Waals surface area contributed by atoms with Crippen molar-refractivity contribution in [3.05, 3.63) is 93.1 Å². The standard InChI is InChI=1S/C21H14N2O4S2/c24-20-19(29-21(28)22(20)13-14-5-2-1-3-6-14)12-17-9-10-18(27-17)15-7-4-8-16(11-15)23(25)26/h1-12H,13H2. The molecule has 1 aliphatic rings. The van der Waals surface area contributed by atoms with E-state index < -0.39 is 4.92 Å². The molecule has 144 valence electrons. The van der Waals surface area contributed by atoms with Crippen molar-refractivity contribution in [1.82, 2.24) is 4.90 Å². The van der Waals surface area contributed by atoms with Gasteiger partial charge in [0.1, 0.15) is 15.8 Å². The van der Waals surface area contributed by atoms with E-state index in [1.165, 1.54) is 23.9 Å². The van der Waals surface area contributed by atoms with Gasteiger partial charge in [-0.25, -0.2) is 0 Å². The maximum atomic E-state index is 12.8. The van der Waals surface area contributed by atoms with Crippen molar-refractivity contribution in [1.29, 1.82) is 0 Å². The van der Waals surface area contributed by atoms with Crippen molar-refractivity contribution in [3.63, 3.8) is 0 Å². The van der Waals surface area contributed by atoms with Crippen LogP contribution < -0.4 is 0 Å². The minimum absolute atomic E-state index is 0.0118. The second kappa shape index (κ2) is 8.02. The molecule has 0 aliphatic carbocycles. The Hall–Kier alpha value is -3.23. The van der Waals surface area contributed by atoms with E-state index in [1.54, 1.807) is 35.2 Å². The highest BCUT2D eigenvalue weighted by molar-refractivity contribution is 8.26. The number of nitro groups is 1. The van der Waals surface area contributed by atoms with Crippen LogP contribution in [0.25, 0.3) is 17.4 Å². The molecule has 1 saturated heterocycles. The van der Waals surface area contributed by atoms with Crippen molar-refractivity contribution >= 4 is 46.0 Å². The van der Waals surface area contributed by atoms with Crippen molar-refractivity contribution in [3.8, 4) is 11.3 Å². The number of nitrogens with zero attached hydrogens (tertiary/aromatic N) is 2. The summed E-state index contributed by atoms with van der Waals surface area (Å²) < 4.78 is 6.27. The molecule has 2 heterocycles. The molecule has 3 aromatic rings. The summed E-state index contributed by atoms with van der Waals surface area (Å²) in [6.45, 7) is 0.417. The van der Waals surface area contributed by atoms with Gasteiger partial charge in [-0.1, -0.05) is 66.4 Å². The topological polar surface area (TPSA) is 76.6 Å². The van der Waals surface area contributed by atoms with Crippen LogP contribution in [0.15, 0.2) is 76.1 Å². The zero-order chi connectivity index (χ0) is 20.4. The van der Waals surface area contributed by atoms with E-state index in [2.05, 4.69) is 0 Å². The molecule has 0 N–H and O–H groups in total. The first-order valence-electron chi connectivity index (χ1n) is 8.65. The van der Waals surface area contributed by atoms with Crippen molar-refractivity contribution in [2.75, 3.05) is 0 Å². The van der Waals surface area contributed by atoms with Gasteiger partial charge in [0.05, 0.1) is 16.4 Å². The smallest absolute Gasteiger partial charge is 0.270 e. The predicted molar refractivity (Wildman–Crippen MR) is 116 cm³/mol. The van der Waals surface area contributed by atoms with Crippen LogP contribution in [0, 0.1) is 10.1 Å². The fourth-order valence-corrected chi connectivity index (χ4v) is 4.12. The van der Waals surface area contributed by atoms with Crippen LogP contribution in [0.5, 0.6) is 0 Å². The lowest BCUT2D eigenvalue weighted by Crippen LogP contribution is -2.27. The highest BCUT2D eigenvalue weighted by Gasteiger charge is 2.32. The first kappa shape index (κ1) is 19.1. The lowest BCUT2D eigenvalue weighted by Gasteiger charge is -2.14. The van der Waals surface area contributed by atoms with Crippen LogP contribution in [0.3, 0.4) is 0 Å². The van der Waals surface area contributed by atoms with Gasteiger partial charge >= 0.3 is 0 Å². The summed E-state index contributed by atoms with van der Waals surface area (Å²) in [6.07, 6.45) is 1.64. The van der Waals surface area contributed by atoms with Gasteiger partial charge < -0.3 is 4.42 Å². The molecule has 0 unspecified atom stereocenters. The van der Waals surface area contributed by atoms with Crippen LogP contribution in [0.4, 0.5) is 5.69 Å². The summed E-state index contributed by atoms with van der Waals surface area (Å²) in [5.74, 6) is 0.795. The third-order valence-corrected chi connectivity index (χ3v) is 5.68. The normalized spacial score (nSPS) is 15.3. The SMILES string of the molecule is O=C1C(=Cc2ccc(-c3cccc([N+](=O)[O-])c3)o2)SC(=S)N1Cc1ccccc1. The largest absolute Gasteiger partial charge is 0.457 e. The van der Waals surface area contributed by atoms with Crippen LogP contribution in [0.1, 0.15) is 11.3 Å². The molecular weight excluding hydrogens is 408 g/mol. The molecular formula is C21H14N2O4S2. The van der Waals surface area contributed by atoms with Gasteiger partial charge in [0.25, 0.3) is 11.6 Å². The molecule has 1 aromatic heterocycles. The van der Waals surface area contributed by atoms with Gasteiger partial charge in [0, 0.05) is 23.8 Å². The summed E-state index contributed by atoms with van der Waals surface area (Å²) in [5, 5.41) is 11.0. The Balaban J connectivity index is 1.55. The van der Waals surface area contributed by atoms with E-state index in [0.717, 1.165) is 5.56 Å². The van der Waals surface area contributed by atoms with E-state index in [4.69, 9.17) is 16.6 Å². The van der Waals surface area contributed by atoms with Gasteiger partial charge in [-0.2, -0.15) is 0 Å². The maximum Gasteiger partial charge on any atom is 0.270 e. The molecule has 0 spiro atoms. The number of non-ortho nitro benzene ring substituents is 1.